The van der Waals surface area contributed by atoms with Gasteiger partial charge in [0.15, 0.2) is 0 Å². The largest absolute Gasteiger partial charge is 0.337 e. The Labute approximate surface area is 129 Å². The molecule has 2 fully saturated rings. The molecule has 0 aliphatic carbocycles. The molecular weight excluding hydrogens is 316 g/mol. The molecule has 0 aromatic heterocycles. The number of benzene rings is 1. The van der Waals surface area contributed by atoms with Gasteiger partial charge in [0.05, 0.1) is 0 Å². The topological polar surface area (TPSA) is 23.6 Å². The Balaban J connectivity index is 1.66. The SMILES string of the molecule is O=C(c1ccc(Br)cc1)N1CCCC(N2CCCC2)C1. The van der Waals surface area contributed by atoms with Crippen LogP contribution in [0.1, 0.15) is 36.0 Å². The normalized spacial score (nSPS) is 24.1. The van der Waals surface area contributed by atoms with Gasteiger partial charge < -0.3 is 4.90 Å². The van der Waals surface area contributed by atoms with Crippen LogP contribution < -0.4 is 0 Å². The summed E-state index contributed by atoms with van der Waals surface area (Å²) in [6, 6.07) is 8.27. The van der Waals surface area contributed by atoms with Crippen LogP contribution in [0.25, 0.3) is 0 Å². The fourth-order valence-electron chi connectivity index (χ4n) is 3.32. The van der Waals surface area contributed by atoms with Gasteiger partial charge in [-0.15, -0.1) is 0 Å². The van der Waals surface area contributed by atoms with Crippen LogP contribution in [0.2, 0.25) is 0 Å². The molecule has 0 spiro atoms. The molecule has 1 aromatic carbocycles. The number of halogens is 1. The highest BCUT2D eigenvalue weighted by molar-refractivity contribution is 9.10. The van der Waals surface area contributed by atoms with Crippen molar-refractivity contribution in [3.05, 3.63) is 34.3 Å². The summed E-state index contributed by atoms with van der Waals surface area (Å²) in [5.41, 5.74) is 0.801. The van der Waals surface area contributed by atoms with Crippen LogP contribution in [0.5, 0.6) is 0 Å². The molecule has 2 aliphatic rings. The highest BCUT2D eigenvalue weighted by atomic mass is 79.9. The van der Waals surface area contributed by atoms with Gasteiger partial charge in [-0.3, -0.25) is 9.69 Å². The molecular formula is C16H21BrN2O. The fourth-order valence-corrected chi connectivity index (χ4v) is 3.58. The third-order valence-electron chi connectivity index (χ3n) is 4.43. The van der Waals surface area contributed by atoms with Gasteiger partial charge in [-0.25, -0.2) is 0 Å². The number of amides is 1. The van der Waals surface area contributed by atoms with Crippen molar-refractivity contribution in [2.75, 3.05) is 26.2 Å². The Morgan fingerprint density at radius 1 is 1.05 bits per heavy atom. The molecule has 0 bridgehead atoms. The zero-order valence-electron chi connectivity index (χ0n) is 11.7. The zero-order valence-corrected chi connectivity index (χ0v) is 13.3. The summed E-state index contributed by atoms with van der Waals surface area (Å²) in [6.45, 7) is 4.23. The quantitative estimate of drug-likeness (QED) is 0.828. The summed E-state index contributed by atoms with van der Waals surface area (Å²) >= 11 is 3.41. The van der Waals surface area contributed by atoms with Gasteiger partial charge in [0.1, 0.15) is 0 Å². The number of carbonyl (C=O) groups excluding carboxylic acids is 1. The summed E-state index contributed by atoms with van der Waals surface area (Å²) < 4.78 is 1.02. The average Bonchev–Trinajstić information content (AvgIpc) is 3.02. The molecule has 3 rings (SSSR count). The second kappa shape index (κ2) is 6.27. The lowest BCUT2D eigenvalue weighted by Crippen LogP contribution is -2.48. The second-order valence-corrected chi connectivity index (χ2v) is 6.71. The van der Waals surface area contributed by atoms with Gasteiger partial charge >= 0.3 is 0 Å². The van der Waals surface area contributed by atoms with Gasteiger partial charge in [-0.1, -0.05) is 15.9 Å². The average molecular weight is 337 g/mol. The van der Waals surface area contributed by atoms with Crippen LogP contribution in [0.3, 0.4) is 0 Å². The minimum Gasteiger partial charge on any atom is -0.337 e. The van der Waals surface area contributed by atoms with Crippen molar-refractivity contribution in [1.82, 2.24) is 9.80 Å². The van der Waals surface area contributed by atoms with E-state index in [2.05, 4.69) is 20.8 Å². The van der Waals surface area contributed by atoms with Crippen LogP contribution in [0.15, 0.2) is 28.7 Å². The molecule has 0 radical (unpaired) electrons. The molecule has 4 heteroatoms. The first-order chi connectivity index (χ1) is 9.74. The first kappa shape index (κ1) is 14.1. The standard InChI is InChI=1S/C16H21BrN2O/c17-14-7-5-13(6-8-14)16(20)19-11-3-4-15(12-19)18-9-1-2-10-18/h5-8,15H,1-4,9-12H2. The maximum atomic E-state index is 12.6. The van der Waals surface area contributed by atoms with Crippen molar-refractivity contribution in [2.24, 2.45) is 0 Å². The molecule has 3 nitrogen and oxygen atoms in total. The zero-order chi connectivity index (χ0) is 13.9. The lowest BCUT2D eigenvalue weighted by molar-refractivity contribution is 0.0608. The monoisotopic (exact) mass is 336 g/mol. The molecule has 2 heterocycles. The Morgan fingerprint density at radius 3 is 2.45 bits per heavy atom. The van der Waals surface area contributed by atoms with Crippen LogP contribution in [-0.2, 0) is 0 Å². The van der Waals surface area contributed by atoms with Crippen LogP contribution in [0.4, 0.5) is 0 Å². The first-order valence-electron chi connectivity index (χ1n) is 7.53. The maximum Gasteiger partial charge on any atom is 0.253 e. The summed E-state index contributed by atoms with van der Waals surface area (Å²) in [7, 11) is 0. The van der Waals surface area contributed by atoms with E-state index in [4.69, 9.17) is 0 Å². The summed E-state index contributed by atoms with van der Waals surface area (Å²) in [5.74, 6) is 0.182. The third-order valence-corrected chi connectivity index (χ3v) is 4.96. The molecule has 1 amide bonds. The minimum absolute atomic E-state index is 0.182. The van der Waals surface area contributed by atoms with Crippen molar-refractivity contribution in [2.45, 2.75) is 31.7 Å². The van der Waals surface area contributed by atoms with E-state index in [0.717, 1.165) is 29.5 Å². The molecule has 20 heavy (non-hydrogen) atoms. The van der Waals surface area contributed by atoms with E-state index in [0.29, 0.717) is 6.04 Å². The Kier molecular flexibility index (Phi) is 4.41. The fraction of sp³-hybridized carbons (Fsp3) is 0.562. The minimum atomic E-state index is 0.182. The number of rotatable bonds is 2. The summed E-state index contributed by atoms with van der Waals surface area (Å²) in [5, 5.41) is 0. The summed E-state index contributed by atoms with van der Waals surface area (Å²) in [6.07, 6.45) is 5.00. The molecule has 0 saturated carbocycles. The Hall–Kier alpha value is -0.870. The van der Waals surface area contributed by atoms with E-state index in [9.17, 15) is 4.79 Å². The molecule has 2 aliphatic heterocycles. The predicted molar refractivity (Wildman–Crippen MR) is 83.9 cm³/mol. The number of nitrogens with zero attached hydrogens (tertiary/aromatic N) is 2. The van der Waals surface area contributed by atoms with E-state index < -0.39 is 0 Å². The van der Waals surface area contributed by atoms with E-state index in [1.165, 1.54) is 32.4 Å². The molecule has 0 N–H and O–H groups in total. The van der Waals surface area contributed by atoms with Crippen LogP contribution >= 0.6 is 15.9 Å². The Morgan fingerprint density at radius 2 is 1.75 bits per heavy atom. The number of carbonyl (C=O) groups is 1. The number of piperidine rings is 1. The lowest BCUT2D eigenvalue weighted by Gasteiger charge is -2.37. The highest BCUT2D eigenvalue weighted by Crippen LogP contribution is 2.22. The molecule has 1 unspecified atom stereocenters. The second-order valence-electron chi connectivity index (χ2n) is 5.80. The van der Waals surface area contributed by atoms with Gasteiger partial charge in [-0.2, -0.15) is 0 Å². The molecule has 1 atom stereocenters. The van der Waals surface area contributed by atoms with E-state index in [1.54, 1.807) is 0 Å². The van der Waals surface area contributed by atoms with Gasteiger partial charge in [0.25, 0.3) is 5.91 Å². The van der Waals surface area contributed by atoms with Crippen LogP contribution in [-0.4, -0.2) is 47.9 Å². The van der Waals surface area contributed by atoms with Gasteiger partial charge in [0, 0.05) is 29.2 Å². The van der Waals surface area contributed by atoms with Gasteiger partial charge in [-0.05, 0) is 63.0 Å². The van der Waals surface area contributed by atoms with E-state index >= 15 is 0 Å². The number of likely N-dealkylation sites (tertiary alicyclic amines) is 2. The summed E-state index contributed by atoms with van der Waals surface area (Å²) in [4.78, 5) is 17.2. The number of hydrogen-bond donors (Lipinski definition) is 0. The van der Waals surface area contributed by atoms with Gasteiger partial charge in [0.2, 0.25) is 0 Å². The van der Waals surface area contributed by atoms with Crippen molar-refractivity contribution in [1.29, 1.82) is 0 Å². The lowest BCUT2D eigenvalue weighted by atomic mass is 10.0. The van der Waals surface area contributed by atoms with Crippen LogP contribution in [0, 0.1) is 0 Å². The number of hydrogen-bond acceptors (Lipinski definition) is 2. The van der Waals surface area contributed by atoms with Crippen molar-refractivity contribution in [3.63, 3.8) is 0 Å². The first-order valence-corrected chi connectivity index (χ1v) is 8.32. The Bertz CT molecular complexity index is 468. The van der Waals surface area contributed by atoms with Crippen molar-refractivity contribution in [3.8, 4) is 0 Å². The molecule has 1 aromatic rings. The maximum absolute atomic E-state index is 12.6. The highest BCUT2D eigenvalue weighted by Gasteiger charge is 2.29. The van der Waals surface area contributed by atoms with Crippen molar-refractivity contribution >= 4 is 21.8 Å². The van der Waals surface area contributed by atoms with E-state index in [-0.39, 0.29) is 5.91 Å². The molecule has 2 saturated heterocycles. The van der Waals surface area contributed by atoms with E-state index in [1.807, 2.05) is 29.2 Å². The predicted octanol–water partition coefficient (Wildman–Crippen LogP) is 3.15. The smallest absolute Gasteiger partial charge is 0.253 e. The molecule has 108 valence electrons. The third kappa shape index (κ3) is 3.07. The van der Waals surface area contributed by atoms with Crippen molar-refractivity contribution < 1.29 is 4.79 Å².